The van der Waals surface area contributed by atoms with Crippen LogP contribution in [0.15, 0.2) is 4.90 Å². The quantitative estimate of drug-likeness (QED) is 0.871. The van der Waals surface area contributed by atoms with Gasteiger partial charge in [-0.25, -0.2) is 13.1 Å². The predicted octanol–water partition coefficient (Wildman–Crippen LogP) is 2.28. The smallest absolute Gasteiger partial charge is 0.244 e. The Hall–Kier alpha value is -0.880. The zero-order chi connectivity index (χ0) is 13.9. The minimum Gasteiger partial charge on any atom is -0.281 e. The van der Waals surface area contributed by atoms with Crippen molar-refractivity contribution in [1.82, 2.24) is 14.9 Å². The van der Waals surface area contributed by atoms with Gasteiger partial charge in [0.2, 0.25) is 10.0 Å². The third-order valence-corrected chi connectivity index (χ3v) is 5.62. The van der Waals surface area contributed by atoms with E-state index in [0.717, 1.165) is 6.42 Å². The fourth-order valence-electron chi connectivity index (χ4n) is 2.88. The van der Waals surface area contributed by atoms with Crippen molar-refractivity contribution in [3.05, 3.63) is 11.4 Å². The summed E-state index contributed by atoms with van der Waals surface area (Å²) in [5.74, 6) is 0.683. The summed E-state index contributed by atoms with van der Waals surface area (Å²) in [6.45, 7) is 3.96. The second-order valence-electron chi connectivity index (χ2n) is 5.45. The van der Waals surface area contributed by atoms with Crippen LogP contribution < -0.4 is 4.72 Å². The number of hydrogen-bond donors (Lipinski definition) is 2. The highest BCUT2D eigenvalue weighted by atomic mass is 32.2. The Labute approximate surface area is 115 Å². The lowest BCUT2D eigenvalue weighted by Gasteiger charge is -2.21. The number of hydrogen-bond acceptors (Lipinski definition) is 3. The summed E-state index contributed by atoms with van der Waals surface area (Å²) in [5.41, 5.74) is 1.13. The average molecular weight is 285 g/mol. The summed E-state index contributed by atoms with van der Waals surface area (Å²) < 4.78 is 27.1. The highest BCUT2D eigenvalue weighted by molar-refractivity contribution is 7.89. The first kappa shape index (κ1) is 14.5. The molecule has 0 radical (unpaired) electrons. The van der Waals surface area contributed by atoms with Gasteiger partial charge >= 0.3 is 0 Å². The molecule has 2 rings (SSSR count). The lowest BCUT2D eigenvalue weighted by Crippen LogP contribution is -2.27. The zero-order valence-corrected chi connectivity index (χ0v) is 12.5. The minimum atomic E-state index is -3.42. The summed E-state index contributed by atoms with van der Waals surface area (Å²) in [7, 11) is -3.42. The normalized spacial score (nSPS) is 17.8. The molecule has 0 spiro atoms. The molecule has 1 aromatic heterocycles. The summed E-state index contributed by atoms with van der Waals surface area (Å²) in [4.78, 5) is 0.302. The molecule has 0 amide bonds. The van der Waals surface area contributed by atoms with Gasteiger partial charge in [0.1, 0.15) is 4.90 Å². The Balaban J connectivity index is 1.91. The van der Waals surface area contributed by atoms with E-state index in [1.54, 1.807) is 13.8 Å². The predicted molar refractivity (Wildman–Crippen MR) is 74.4 cm³/mol. The maximum Gasteiger partial charge on any atom is 0.244 e. The Morgan fingerprint density at radius 3 is 2.53 bits per heavy atom. The average Bonchev–Trinajstić information content (AvgIpc) is 2.70. The van der Waals surface area contributed by atoms with Crippen LogP contribution in [-0.2, 0) is 10.0 Å². The number of rotatable bonds is 5. The maximum absolute atomic E-state index is 12.2. The van der Waals surface area contributed by atoms with E-state index in [0.29, 0.717) is 28.7 Å². The Kier molecular flexibility index (Phi) is 4.62. The van der Waals surface area contributed by atoms with Crippen molar-refractivity contribution in [3.63, 3.8) is 0 Å². The summed E-state index contributed by atoms with van der Waals surface area (Å²) in [6, 6.07) is 0. The van der Waals surface area contributed by atoms with E-state index >= 15 is 0 Å². The molecule has 1 aliphatic rings. The Morgan fingerprint density at radius 1 is 1.26 bits per heavy atom. The van der Waals surface area contributed by atoms with Crippen molar-refractivity contribution in [3.8, 4) is 0 Å². The van der Waals surface area contributed by atoms with E-state index in [1.165, 1.54) is 32.1 Å². The van der Waals surface area contributed by atoms with Crippen LogP contribution in [0.5, 0.6) is 0 Å². The fourth-order valence-corrected chi connectivity index (χ4v) is 4.30. The molecule has 0 aliphatic heterocycles. The van der Waals surface area contributed by atoms with Crippen LogP contribution >= 0.6 is 0 Å². The third-order valence-electron chi connectivity index (χ3n) is 3.90. The molecule has 0 saturated heterocycles. The molecule has 1 aromatic rings. The van der Waals surface area contributed by atoms with Crippen molar-refractivity contribution >= 4 is 10.0 Å². The van der Waals surface area contributed by atoms with Crippen molar-refractivity contribution in [2.75, 3.05) is 6.54 Å². The monoisotopic (exact) mass is 285 g/mol. The fraction of sp³-hybridized carbons (Fsp3) is 0.769. The molecule has 108 valence electrons. The first-order chi connectivity index (χ1) is 9.00. The van der Waals surface area contributed by atoms with Gasteiger partial charge in [0, 0.05) is 6.54 Å². The van der Waals surface area contributed by atoms with Gasteiger partial charge in [-0.1, -0.05) is 32.1 Å². The Bertz CT molecular complexity index is 496. The van der Waals surface area contributed by atoms with Crippen LogP contribution in [0.25, 0.3) is 0 Å². The standard InChI is InChI=1S/C13H23N3O2S/c1-10-13(11(2)16-15-10)19(17,18)14-9-8-12-6-4-3-5-7-12/h12,14H,3-9H2,1-2H3,(H,15,16). The number of aryl methyl sites for hydroxylation is 2. The third kappa shape index (κ3) is 3.57. The molecule has 0 aromatic carbocycles. The number of aromatic amines is 1. The molecule has 1 saturated carbocycles. The zero-order valence-electron chi connectivity index (χ0n) is 11.7. The lowest BCUT2D eigenvalue weighted by molar-refractivity contribution is 0.339. The largest absolute Gasteiger partial charge is 0.281 e. The summed E-state index contributed by atoms with van der Waals surface area (Å²) in [5, 5.41) is 6.65. The molecule has 2 N–H and O–H groups in total. The SMILES string of the molecule is Cc1n[nH]c(C)c1S(=O)(=O)NCCC1CCCCC1. The number of sulfonamides is 1. The van der Waals surface area contributed by atoms with Crippen LogP contribution in [0.4, 0.5) is 0 Å². The Morgan fingerprint density at radius 2 is 1.95 bits per heavy atom. The van der Waals surface area contributed by atoms with Crippen LogP contribution in [-0.4, -0.2) is 25.2 Å². The first-order valence-corrected chi connectivity index (χ1v) is 8.50. The van der Waals surface area contributed by atoms with Crippen LogP contribution in [0.2, 0.25) is 0 Å². The van der Waals surface area contributed by atoms with Gasteiger partial charge in [-0.05, 0) is 26.2 Å². The number of nitrogens with one attached hydrogen (secondary N) is 2. The van der Waals surface area contributed by atoms with Gasteiger partial charge < -0.3 is 0 Å². The van der Waals surface area contributed by atoms with Crippen molar-refractivity contribution in [2.24, 2.45) is 5.92 Å². The molecule has 6 heteroatoms. The number of H-pyrrole nitrogens is 1. The van der Waals surface area contributed by atoms with E-state index in [-0.39, 0.29) is 0 Å². The van der Waals surface area contributed by atoms with Crippen LogP contribution in [0.1, 0.15) is 49.9 Å². The number of nitrogens with zero attached hydrogens (tertiary/aromatic N) is 1. The molecule has 19 heavy (non-hydrogen) atoms. The highest BCUT2D eigenvalue weighted by Gasteiger charge is 2.22. The topological polar surface area (TPSA) is 74.8 Å². The van der Waals surface area contributed by atoms with Crippen molar-refractivity contribution in [2.45, 2.75) is 57.3 Å². The van der Waals surface area contributed by atoms with E-state index in [2.05, 4.69) is 14.9 Å². The second kappa shape index (κ2) is 6.05. The molecule has 0 atom stereocenters. The molecule has 0 unspecified atom stereocenters. The summed E-state index contributed by atoms with van der Waals surface area (Å²) in [6.07, 6.45) is 7.33. The number of aromatic nitrogens is 2. The minimum absolute atomic E-state index is 0.302. The van der Waals surface area contributed by atoms with Gasteiger partial charge in [-0.3, -0.25) is 5.10 Å². The molecule has 1 fully saturated rings. The molecular weight excluding hydrogens is 262 g/mol. The molecule has 1 aliphatic carbocycles. The summed E-state index contributed by atoms with van der Waals surface area (Å²) >= 11 is 0. The van der Waals surface area contributed by atoms with Gasteiger partial charge in [0.15, 0.2) is 0 Å². The molecule has 1 heterocycles. The second-order valence-corrected chi connectivity index (χ2v) is 7.16. The van der Waals surface area contributed by atoms with E-state index in [1.807, 2.05) is 0 Å². The van der Waals surface area contributed by atoms with E-state index < -0.39 is 10.0 Å². The van der Waals surface area contributed by atoms with Crippen molar-refractivity contribution in [1.29, 1.82) is 0 Å². The van der Waals surface area contributed by atoms with Gasteiger partial charge in [0.25, 0.3) is 0 Å². The highest BCUT2D eigenvalue weighted by Crippen LogP contribution is 2.26. The van der Waals surface area contributed by atoms with Gasteiger partial charge in [-0.2, -0.15) is 5.10 Å². The maximum atomic E-state index is 12.2. The van der Waals surface area contributed by atoms with Crippen LogP contribution in [0, 0.1) is 19.8 Å². The van der Waals surface area contributed by atoms with Crippen molar-refractivity contribution < 1.29 is 8.42 Å². The van der Waals surface area contributed by atoms with E-state index in [9.17, 15) is 8.42 Å². The molecule has 0 bridgehead atoms. The molecular formula is C13H23N3O2S. The van der Waals surface area contributed by atoms with Gasteiger partial charge in [-0.15, -0.1) is 0 Å². The van der Waals surface area contributed by atoms with E-state index in [4.69, 9.17) is 0 Å². The van der Waals surface area contributed by atoms with Gasteiger partial charge in [0.05, 0.1) is 11.4 Å². The lowest BCUT2D eigenvalue weighted by atomic mass is 9.87. The first-order valence-electron chi connectivity index (χ1n) is 7.02. The molecule has 5 nitrogen and oxygen atoms in total. The van der Waals surface area contributed by atoms with Crippen LogP contribution in [0.3, 0.4) is 0 Å².